The summed E-state index contributed by atoms with van der Waals surface area (Å²) >= 11 is 0. The number of benzene rings is 2. The first-order valence-electron chi connectivity index (χ1n) is 9.58. The zero-order valence-electron chi connectivity index (χ0n) is 17.3. The van der Waals surface area contributed by atoms with Gasteiger partial charge in [-0.25, -0.2) is 4.68 Å². The molecule has 1 aromatic heterocycles. The first kappa shape index (κ1) is 20.3. The fraction of sp³-hybridized carbons (Fsp3) is 0.227. The van der Waals surface area contributed by atoms with Crippen molar-refractivity contribution >= 4 is 23.3 Å². The molecule has 0 radical (unpaired) electrons. The number of nitrogens with one attached hydrogen (secondary N) is 2. The number of carbonyl (C=O) groups excluding carboxylic acids is 2. The Labute approximate surface area is 178 Å². The van der Waals surface area contributed by atoms with E-state index in [1.54, 1.807) is 31.5 Å². The average Bonchev–Trinajstić information content (AvgIpc) is 3.22. The lowest BCUT2D eigenvalue weighted by atomic mass is 10.1. The van der Waals surface area contributed by atoms with Crippen molar-refractivity contribution in [3.63, 3.8) is 0 Å². The van der Waals surface area contributed by atoms with E-state index in [0.717, 1.165) is 16.9 Å². The van der Waals surface area contributed by atoms with Gasteiger partial charge >= 0.3 is 0 Å². The molecule has 9 heteroatoms. The molecule has 0 saturated heterocycles. The highest BCUT2D eigenvalue weighted by Gasteiger charge is 2.33. The normalized spacial score (nSPS) is 14.9. The third-order valence-corrected chi connectivity index (χ3v) is 5.08. The second-order valence-electron chi connectivity index (χ2n) is 6.91. The minimum absolute atomic E-state index is 0.0180. The predicted octanol–water partition coefficient (Wildman–Crippen LogP) is 3.10. The second kappa shape index (κ2) is 8.39. The molecule has 2 heterocycles. The lowest BCUT2D eigenvalue weighted by Crippen LogP contribution is -2.35. The minimum atomic E-state index is -0.788. The molecule has 31 heavy (non-hydrogen) atoms. The summed E-state index contributed by atoms with van der Waals surface area (Å²) < 4.78 is 17.2. The third kappa shape index (κ3) is 3.89. The summed E-state index contributed by atoms with van der Waals surface area (Å²) in [6.07, 6.45) is 1.62. The largest absolute Gasteiger partial charge is 0.497 e. The van der Waals surface area contributed by atoms with E-state index in [1.807, 2.05) is 24.3 Å². The van der Waals surface area contributed by atoms with Crippen LogP contribution in [0.3, 0.4) is 0 Å². The number of aromatic nitrogens is 2. The monoisotopic (exact) mass is 422 g/mol. The molecule has 160 valence electrons. The fourth-order valence-electron chi connectivity index (χ4n) is 3.49. The van der Waals surface area contributed by atoms with Crippen molar-refractivity contribution in [2.24, 2.45) is 0 Å². The number of hydrogen-bond acceptors (Lipinski definition) is 6. The number of anilines is 2. The molecule has 0 spiro atoms. The molecule has 2 N–H and O–H groups in total. The maximum Gasteiger partial charge on any atom is 0.249 e. The van der Waals surface area contributed by atoms with Crippen LogP contribution < -0.4 is 24.8 Å². The molecule has 4 rings (SSSR count). The Morgan fingerprint density at radius 3 is 2.48 bits per heavy atom. The van der Waals surface area contributed by atoms with Crippen LogP contribution in [0.15, 0.2) is 48.7 Å². The van der Waals surface area contributed by atoms with Crippen LogP contribution >= 0.6 is 0 Å². The summed E-state index contributed by atoms with van der Waals surface area (Å²) in [5.74, 6) is 1.64. The average molecular weight is 422 g/mol. The Hall–Kier alpha value is -4.01. The van der Waals surface area contributed by atoms with Crippen LogP contribution in [0.25, 0.3) is 11.1 Å². The Bertz CT molecular complexity index is 1120. The number of methoxy groups -OCH3 is 3. The number of fused-ring (bicyclic) bond motifs is 1. The lowest BCUT2D eigenvalue weighted by Gasteiger charge is -2.24. The van der Waals surface area contributed by atoms with Crippen LogP contribution in [0, 0.1) is 0 Å². The molecule has 1 atom stereocenters. The van der Waals surface area contributed by atoms with E-state index in [-0.39, 0.29) is 18.2 Å². The Morgan fingerprint density at radius 1 is 1.06 bits per heavy atom. The molecule has 3 aromatic rings. The molecule has 0 fully saturated rings. The summed E-state index contributed by atoms with van der Waals surface area (Å²) in [5, 5.41) is 10.0. The summed E-state index contributed by atoms with van der Waals surface area (Å²) in [6.45, 7) is 0. The van der Waals surface area contributed by atoms with E-state index >= 15 is 0 Å². The van der Waals surface area contributed by atoms with Crippen LogP contribution in [-0.2, 0) is 9.59 Å². The molecule has 0 saturated carbocycles. The van der Waals surface area contributed by atoms with Crippen LogP contribution in [0.1, 0.15) is 12.5 Å². The van der Waals surface area contributed by atoms with Gasteiger partial charge < -0.3 is 24.8 Å². The van der Waals surface area contributed by atoms with Gasteiger partial charge in [-0.1, -0.05) is 12.1 Å². The number of hydrogen-bond donors (Lipinski definition) is 2. The highest BCUT2D eigenvalue weighted by Crippen LogP contribution is 2.35. The minimum Gasteiger partial charge on any atom is -0.497 e. The number of amides is 2. The Kier molecular flexibility index (Phi) is 5.48. The molecule has 2 amide bonds. The molecule has 2 aromatic carbocycles. The van der Waals surface area contributed by atoms with Crippen molar-refractivity contribution in [2.45, 2.75) is 12.5 Å². The number of carbonyl (C=O) groups is 2. The fourth-order valence-corrected chi connectivity index (χ4v) is 3.49. The first-order chi connectivity index (χ1) is 15.0. The summed E-state index contributed by atoms with van der Waals surface area (Å²) in [5.41, 5.74) is 2.10. The smallest absolute Gasteiger partial charge is 0.249 e. The molecule has 0 aliphatic carbocycles. The van der Waals surface area contributed by atoms with Gasteiger partial charge in [-0.15, -0.1) is 0 Å². The van der Waals surface area contributed by atoms with Crippen molar-refractivity contribution < 1.29 is 23.8 Å². The SMILES string of the molecule is COc1ccc(-c2cnn3c2NC(=O)C[C@H]3C(=O)Nc2ccc(OC)c(OC)c2)cc1. The van der Waals surface area contributed by atoms with E-state index in [4.69, 9.17) is 14.2 Å². The van der Waals surface area contributed by atoms with Gasteiger partial charge in [-0.3, -0.25) is 9.59 Å². The van der Waals surface area contributed by atoms with Crippen molar-refractivity contribution in [3.05, 3.63) is 48.7 Å². The van der Waals surface area contributed by atoms with Gasteiger partial charge in [0.2, 0.25) is 11.8 Å². The van der Waals surface area contributed by atoms with E-state index in [1.165, 1.54) is 18.9 Å². The van der Waals surface area contributed by atoms with Crippen molar-refractivity contribution in [1.29, 1.82) is 0 Å². The van der Waals surface area contributed by atoms with Crippen molar-refractivity contribution in [2.75, 3.05) is 32.0 Å². The van der Waals surface area contributed by atoms with Gasteiger partial charge in [0.05, 0.1) is 33.9 Å². The van der Waals surface area contributed by atoms with Gasteiger partial charge in [0.1, 0.15) is 17.6 Å². The van der Waals surface area contributed by atoms with Crippen molar-refractivity contribution in [1.82, 2.24) is 9.78 Å². The van der Waals surface area contributed by atoms with Gasteiger partial charge in [0.25, 0.3) is 0 Å². The van der Waals surface area contributed by atoms with Gasteiger partial charge in [0, 0.05) is 17.3 Å². The molecule has 9 nitrogen and oxygen atoms in total. The third-order valence-electron chi connectivity index (χ3n) is 5.08. The topological polar surface area (TPSA) is 104 Å². The van der Waals surface area contributed by atoms with Gasteiger partial charge in [0.15, 0.2) is 11.5 Å². The van der Waals surface area contributed by atoms with Crippen LogP contribution in [-0.4, -0.2) is 42.9 Å². The lowest BCUT2D eigenvalue weighted by molar-refractivity contribution is -0.125. The van der Waals surface area contributed by atoms with Gasteiger partial charge in [-0.2, -0.15) is 5.10 Å². The van der Waals surface area contributed by atoms with Crippen LogP contribution in [0.4, 0.5) is 11.5 Å². The molecular formula is C22H22N4O5. The van der Waals surface area contributed by atoms with Crippen molar-refractivity contribution in [3.8, 4) is 28.4 Å². The molecule has 1 aliphatic heterocycles. The standard InChI is InChI=1S/C22H22N4O5/c1-29-15-7-4-13(5-8-15)16-12-23-26-17(11-20(27)25-21(16)26)22(28)24-14-6-9-18(30-2)19(10-14)31-3/h4-10,12,17H,11H2,1-3H3,(H,24,28)(H,25,27)/t17-/m0/s1. The Balaban J connectivity index is 1.61. The highest BCUT2D eigenvalue weighted by molar-refractivity contribution is 6.03. The predicted molar refractivity (Wildman–Crippen MR) is 115 cm³/mol. The molecule has 0 bridgehead atoms. The van der Waals surface area contributed by atoms with E-state index < -0.39 is 6.04 Å². The van der Waals surface area contributed by atoms with E-state index in [0.29, 0.717) is 23.0 Å². The summed E-state index contributed by atoms with van der Waals surface area (Å²) in [6, 6.07) is 11.7. The molecule has 0 unspecified atom stereocenters. The number of nitrogens with zero attached hydrogens (tertiary/aromatic N) is 2. The summed E-state index contributed by atoms with van der Waals surface area (Å²) in [7, 11) is 4.65. The highest BCUT2D eigenvalue weighted by atomic mass is 16.5. The summed E-state index contributed by atoms with van der Waals surface area (Å²) in [4.78, 5) is 25.4. The van der Waals surface area contributed by atoms with Crippen LogP contribution in [0.2, 0.25) is 0 Å². The van der Waals surface area contributed by atoms with E-state index in [2.05, 4.69) is 15.7 Å². The second-order valence-corrected chi connectivity index (χ2v) is 6.91. The zero-order chi connectivity index (χ0) is 22.0. The first-order valence-corrected chi connectivity index (χ1v) is 9.58. The number of rotatable bonds is 6. The quantitative estimate of drug-likeness (QED) is 0.633. The molecule has 1 aliphatic rings. The van der Waals surface area contributed by atoms with Gasteiger partial charge in [-0.05, 0) is 29.8 Å². The maximum absolute atomic E-state index is 13.0. The number of ether oxygens (including phenoxy) is 3. The molecular weight excluding hydrogens is 400 g/mol. The maximum atomic E-state index is 13.0. The van der Waals surface area contributed by atoms with Crippen LogP contribution in [0.5, 0.6) is 17.2 Å². The Morgan fingerprint density at radius 2 is 1.81 bits per heavy atom. The van der Waals surface area contributed by atoms with E-state index in [9.17, 15) is 9.59 Å². The zero-order valence-corrected chi connectivity index (χ0v) is 17.3.